The first-order chi connectivity index (χ1) is 6.63. The van der Waals surface area contributed by atoms with Crippen LogP contribution in [-0.2, 0) is 4.79 Å². The molecule has 0 unspecified atom stereocenters. The molecule has 1 aromatic carbocycles. The number of benzene rings is 1. The number of methoxy groups -OCH3 is 1. The van der Waals surface area contributed by atoms with Gasteiger partial charge in [-0.1, -0.05) is 12.1 Å². The van der Waals surface area contributed by atoms with Crippen LogP contribution in [-0.4, -0.2) is 13.1 Å². The number of hydrogen-bond acceptors (Lipinski definition) is 3. The monoisotopic (exact) mass is 255 g/mol. The first kappa shape index (κ1) is 10.8. The summed E-state index contributed by atoms with van der Waals surface area (Å²) in [7, 11) is 1.57. The van der Waals surface area contributed by atoms with Crippen molar-refractivity contribution in [2.75, 3.05) is 7.11 Å². The van der Waals surface area contributed by atoms with E-state index in [4.69, 9.17) is 4.74 Å². The third kappa shape index (κ3) is 2.88. The number of carboxylic acid groups (broad SMARTS) is 1. The van der Waals surface area contributed by atoms with E-state index in [9.17, 15) is 9.90 Å². The van der Waals surface area contributed by atoms with E-state index in [0.717, 1.165) is 16.1 Å². The second-order valence-electron chi connectivity index (χ2n) is 2.55. The van der Waals surface area contributed by atoms with Crippen molar-refractivity contribution in [1.82, 2.24) is 0 Å². The third-order valence-corrected chi connectivity index (χ3v) is 2.21. The zero-order chi connectivity index (χ0) is 10.6. The lowest BCUT2D eigenvalue weighted by Gasteiger charge is -2.03. The van der Waals surface area contributed by atoms with Crippen LogP contribution in [0.2, 0.25) is 0 Å². The smallest absolute Gasteiger partial charge is 0.133 e. The minimum absolute atomic E-state index is 0.704. The van der Waals surface area contributed by atoms with Crippen LogP contribution >= 0.6 is 15.9 Å². The number of hydrogen-bond donors (Lipinski definition) is 0. The Kier molecular flexibility index (Phi) is 3.71. The number of rotatable bonds is 3. The van der Waals surface area contributed by atoms with Gasteiger partial charge in [-0.3, -0.25) is 0 Å². The number of halogens is 1. The van der Waals surface area contributed by atoms with Gasteiger partial charge in [0.05, 0.1) is 17.6 Å². The highest BCUT2D eigenvalue weighted by Crippen LogP contribution is 2.25. The molecule has 0 aromatic heterocycles. The molecule has 0 radical (unpaired) electrons. The van der Waals surface area contributed by atoms with Gasteiger partial charge in [0.1, 0.15) is 5.75 Å². The minimum atomic E-state index is -1.21. The third-order valence-electron chi connectivity index (χ3n) is 1.59. The number of ether oxygens (including phenoxy) is 1. The van der Waals surface area contributed by atoms with Gasteiger partial charge in [0.15, 0.2) is 0 Å². The number of aliphatic carboxylic acids is 1. The summed E-state index contributed by atoms with van der Waals surface area (Å²) in [5.41, 5.74) is 0.766. The van der Waals surface area contributed by atoms with Crippen LogP contribution in [0.3, 0.4) is 0 Å². The van der Waals surface area contributed by atoms with E-state index in [-0.39, 0.29) is 0 Å². The molecule has 0 saturated heterocycles. The maximum atomic E-state index is 10.1. The van der Waals surface area contributed by atoms with Crippen molar-refractivity contribution >= 4 is 28.0 Å². The molecule has 1 rings (SSSR count). The van der Waals surface area contributed by atoms with Crippen molar-refractivity contribution in [3.8, 4) is 5.75 Å². The van der Waals surface area contributed by atoms with E-state index < -0.39 is 5.97 Å². The summed E-state index contributed by atoms with van der Waals surface area (Å²) < 4.78 is 5.80. The van der Waals surface area contributed by atoms with E-state index in [0.29, 0.717) is 5.75 Å². The molecule has 0 atom stereocenters. The maximum Gasteiger partial charge on any atom is 0.133 e. The van der Waals surface area contributed by atoms with Gasteiger partial charge in [0.2, 0.25) is 0 Å². The zero-order valence-corrected chi connectivity index (χ0v) is 9.08. The Morgan fingerprint density at radius 2 is 2.29 bits per heavy atom. The molecular formula is C10H8BrO3-. The summed E-state index contributed by atoms with van der Waals surface area (Å²) in [6, 6.07) is 5.26. The second-order valence-corrected chi connectivity index (χ2v) is 3.40. The summed E-state index contributed by atoms with van der Waals surface area (Å²) in [5, 5.41) is 10.1. The molecule has 4 heteroatoms. The number of carbonyl (C=O) groups excluding carboxylic acids is 1. The molecule has 0 fully saturated rings. The van der Waals surface area contributed by atoms with E-state index in [1.807, 2.05) is 0 Å². The highest BCUT2D eigenvalue weighted by atomic mass is 79.9. The van der Waals surface area contributed by atoms with Crippen LogP contribution in [0.1, 0.15) is 5.56 Å². The molecule has 3 nitrogen and oxygen atoms in total. The Morgan fingerprint density at radius 1 is 1.57 bits per heavy atom. The molecule has 0 aliphatic heterocycles. The molecule has 1 aromatic rings. The van der Waals surface area contributed by atoms with Crippen LogP contribution in [0, 0.1) is 0 Å². The fourth-order valence-electron chi connectivity index (χ4n) is 0.951. The summed E-state index contributed by atoms with van der Waals surface area (Å²) in [6.07, 6.45) is 2.44. The summed E-state index contributed by atoms with van der Waals surface area (Å²) in [6.45, 7) is 0. The fraction of sp³-hybridized carbons (Fsp3) is 0.100. The van der Waals surface area contributed by atoms with E-state index in [1.54, 1.807) is 25.3 Å². The molecule has 0 bridgehead atoms. The van der Waals surface area contributed by atoms with Gasteiger partial charge in [-0.2, -0.15) is 0 Å². The molecule has 0 amide bonds. The van der Waals surface area contributed by atoms with Crippen LogP contribution in [0.4, 0.5) is 0 Å². The van der Waals surface area contributed by atoms with Crippen molar-refractivity contribution in [3.05, 3.63) is 34.3 Å². The summed E-state index contributed by atoms with van der Waals surface area (Å²) in [4.78, 5) is 10.1. The molecule has 14 heavy (non-hydrogen) atoms. The molecule has 0 aliphatic carbocycles. The minimum Gasteiger partial charge on any atom is -0.545 e. The Balaban J connectivity index is 2.91. The van der Waals surface area contributed by atoms with Gasteiger partial charge in [-0.15, -0.1) is 0 Å². The van der Waals surface area contributed by atoms with Crippen molar-refractivity contribution in [2.45, 2.75) is 0 Å². The average Bonchev–Trinajstić information content (AvgIpc) is 2.15. The van der Waals surface area contributed by atoms with Crippen LogP contribution in [0.15, 0.2) is 28.7 Å². The van der Waals surface area contributed by atoms with E-state index in [1.165, 1.54) is 6.08 Å². The van der Waals surface area contributed by atoms with Crippen molar-refractivity contribution in [3.63, 3.8) is 0 Å². The largest absolute Gasteiger partial charge is 0.545 e. The summed E-state index contributed by atoms with van der Waals surface area (Å²) >= 11 is 3.29. The predicted octanol–water partition coefficient (Wildman–Crippen LogP) is 1.22. The van der Waals surface area contributed by atoms with Crippen molar-refractivity contribution in [2.24, 2.45) is 0 Å². The normalized spacial score (nSPS) is 10.4. The molecule has 74 valence electrons. The molecule has 0 heterocycles. The standard InChI is InChI=1S/C10H9BrO3/c1-14-9-4-2-7(6-8(9)11)3-5-10(12)13/h2-6H,1H3,(H,12,13)/p-1/b5-3+. The van der Waals surface area contributed by atoms with Gasteiger partial charge in [0.25, 0.3) is 0 Å². The lowest BCUT2D eigenvalue weighted by molar-refractivity contribution is -0.297. The zero-order valence-electron chi connectivity index (χ0n) is 7.49. The van der Waals surface area contributed by atoms with Crippen LogP contribution < -0.4 is 9.84 Å². The Bertz CT molecular complexity index is 372. The first-order valence-corrected chi connectivity index (χ1v) is 4.65. The predicted molar refractivity (Wildman–Crippen MR) is 54.7 cm³/mol. The fourth-order valence-corrected chi connectivity index (χ4v) is 1.51. The summed E-state index contributed by atoms with van der Waals surface area (Å²) in [5.74, 6) is -0.507. The topological polar surface area (TPSA) is 49.4 Å². The van der Waals surface area contributed by atoms with Crippen LogP contribution in [0.5, 0.6) is 5.75 Å². The Labute approximate surface area is 90.1 Å². The highest BCUT2D eigenvalue weighted by molar-refractivity contribution is 9.10. The SMILES string of the molecule is COc1ccc(/C=C/C(=O)[O-])cc1Br. The van der Waals surface area contributed by atoms with Gasteiger partial charge in [0, 0.05) is 0 Å². The molecule has 0 N–H and O–H groups in total. The molecular weight excluding hydrogens is 248 g/mol. The van der Waals surface area contributed by atoms with Gasteiger partial charge < -0.3 is 14.6 Å². The van der Waals surface area contributed by atoms with E-state index in [2.05, 4.69) is 15.9 Å². The molecule has 0 spiro atoms. The quantitative estimate of drug-likeness (QED) is 0.764. The molecule has 0 saturated carbocycles. The molecule has 0 aliphatic rings. The van der Waals surface area contributed by atoms with Gasteiger partial charge >= 0.3 is 0 Å². The van der Waals surface area contributed by atoms with Gasteiger partial charge in [-0.05, 0) is 39.7 Å². The second kappa shape index (κ2) is 4.81. The van der Waals surface area contributed by atoms with Gasteiger partial charge in [-0.25, -0.2) is 0 Å². The lowest BCUT2D eigenvalue weighted by atomic mass is 10.2. The number of carbonyl (C=O) groups is 1. The lowest BCUT2D eigenvalue weighted by Crippen LogP contribution is -2.18. The first-order valence-electron chi connectivity index (χ1n) is 3.86. The van der Waals surface area contributed by atoms with E-state index >= 15 is 0 Å². The average molecular weight is 256 g/mol. The highest BCUT2D eigenvalue weighted by Gasteiger charge is 1.98. The van der Waals surface area contributed by atoms with Crippen LogP contribution in [0.25, 0.3) is 6.08 Å². The Morgan fingerprint density at radius 3 is 2.79 bits per heavy atom. The Hall–Kier alpha value is -1.29. The van der Waals surface area contributed by atoms with Crippen molar-refractivity contribution in [1.29, 1.82) is 0 Å². The van der Waals surface area contributed by atoms with Crippen molar-refractivity contribution < 1.29 is 14.6 Å². The maximum absolute atomic E-state index is 10.1. The number of carboxylic acids is 1.